The Morgan fingerprint density at radius 2 is 2.24 bits per heavy atom. The lowest BCUT2D eigenvalue weighted by atomic mass is 9.99. The predicted octanol–water partition coefficient (Wildman–Crippen LogP) is 2.21. The summed E-state index contributed by atoms with van der Waals surface area (Å²) in [5, 5.41) is 13.4. The van der Waals surface area contributed by atoms with Crippen LogP contribution in [0.2, 0.25) is 0 Å². The Morgan fingerprint density at radius 3 is 2.95 bits per heavy atom. The van der Waals surface area contributed by atoms with Gasteiger partial charge in [-0.25, -0.2) is 0 Å². The summed E-state index contributed by atoms with van der Waals surface area (Å²) in [6.07, 6.45) is 1.71. The lowest BCUT2D eigenvalue weighted by Crippen LogP contribution is -2.41. The summed E-state index contributed by atoms with van der Waals surface area (Å²) < 4.78 is 12.7. The van der Waals surface area contributed by atoms with Crippen molar-refractivity contribution in [2.75, 3.05) is 31.6 Å². The molecule has 0 saturated carbocycles. The molecule has 1 N–H and O–H groups in total. The molecular weight excluding hydrogens is 277 g/mol. The van der Waals surface area contributed by atoms with Crippen molar-refractivity contribution in [1.82, 2.24) is 4.90 Å². The smallest absolute Gasteiger partial charge is 0.292 e. The maximum absolute atomic E-state index is 12.7. The molecule has 21 heavy (non-hydrogen) atoms. The molecule has 0 bridgehead atoms. The number of amides is 1. The highest BCUT2D eigenvalue weighted by atomic mass is 19.1. The number of rotatable bonds is 5. The number of nitro benzene ring substituents is 1. The molecule has 1 amide bonds. The van der Waals surface area contributed by atoms with E-state index in [4.69, 9.17) is 0 Å². The largest absolute Gasteiger partial charge is 0.319 e. The van der Waals surface area contributed by atoms with Crippen molar-refractivity contribution < 1.29 is 14.1 Å². The van der Waals surface area contributed by atoms with Gasteiger partial charge in [-0.3, -0.25) is 24.2 Å². The van der Waals surface area contributed by atoms with E-state index < -0.39 is 4.92 Å². The highest BCUT2D eigenvalue weighted by Crippen LogP contribution is 2.23. The number of hydrogen-bond donors (Lipinski definition) is 1. The van der Waals surface area contributed by atoms with Crippen LogP contribution in [0.5, 0.6) is 0 Å². The summed E-state index contributed by atoms with van der Waals surface area (Å²) in [7, 11) is 0. The fraction of sp³-hybridized carbons (Fsp3) is 0.500. The number of piperidine rings is 1. The van der Waals surface area contributed by atoms with Gasteiger partial charge in [0.15, 0.2) is 0 Å². The number of alkyl halides is 1. The summed E-state index contributed by atoms with van der Waals surface area (Å²) in [5.74, 6) is -0.332. The number of carbonyl (C=O) groups is 1. The predicted molar refractivity (Wildman–Crippen MR) is 76.9 cm³/mol. The second-order valence-electron chi connectivity index (χ2n) is 5.22. The summed E-state index contributed by atoms with van der Waals surface area (Å²) in [4.78, 5) is 24.2. The maximum Gasteiger partial charge on any atom is 0.292 e. The Labute approximate surface area is 122 Å². The van der Waals surface area contributed by atoms with E-state index in [-0.39, 0.29) is 36.4 Å². The van der Waals surface area contributed by atoms with Crippen molar-refractivity contribution in [1.29, 1.82) is 0 Å². The molecule has 1 heterocycles. The quantitative estimate of drug-likeness (QED) is 0.667. The molecular formula is C14H18FN3O3. The first-order chi connectivity index (χ1) is 10.1. The first-order valence-corrected chi connectivity index (χ1v) is 6.91. The van der Waals surface area contributed by atoms with Crippen molar-refractivity contribution in [3.63, 3.8) is 0 Å². The number of nitrogens with one attached hydrogen (secondary N) is 1. The van der Waals surface area contributed by atoms with Crippen LogP contribution in [-0.2, 0) is 4.79 Å². The average molecular weight is 295 g/mol. The molecule has 0 aliphatic carbocycles. The van der Waals surface area contributed by atoms with Crippen LogP contribution < -0.4 is 5.32 Å². The number of halogens is 1. The van der Waals surface area contributed by atoms with Crippen molar-refractivity contribution in [2.45, 2.75) is 12.8 Å². The zero-order valence-electron chi connectivity index (χ0n) is 11.6. The SMILES string of the molecule is O=C(CN1CCCC(CF)C1)Nc1ccccc1[N+](=O)[O-]. The van der Waals surface area contributed by atoms with Crippen molar-refractivity contribution in [2.24, 2.45) is 5.92 Å². The zero-order valence-corrected chi connectivity index (χ0v) is 11.6. The van der Waals surface area contributed by atoms with Gasteiger partial charge < -0.3 is 5.32 Å². The lowest BCUT2D eigenvalue weighted by Gasteiger charge is -2.30. The van der Waals surface area contributed by atoms with Crippen LogP contribution in [0.25, 0.3) is 0 Å². The monoisotopic (exact) mass is 295 g/mol. The number of carbonyl (C=O) groups excluding carboxylic acids is 1. The number of likely N-dealkylation sites (tertiary alicyclic amines) is 1. The average Bonchev–Trinajstić information content (AvgIpc) is 2.47. The minimum atomic E-state index is -0.532. The van der Waals surface area contributed by atoms with Crippen molar-refractivity contribution in [3.05, 3.63) is 34.4 Å². The molecule has 7 heteroatoms. The fourth-order valence-corrected chi connectivity index (χ4v) is 2.55. The van der Waals surface area contributed by atoms with Gasteiger partial charge in [0.1, 0.15) is 5.69 Å². The molecule has 1 fully saturated rings. The van der Waals surface area contributed by atoms with Crippen LogP contribution >= 0.6 is 0 Å². The first kappa shape index (κ1) is 15.4. The Kier molecular flexibility index (Phi) is 5.21. The second-order valence-corrected chi connectivity index (χ2v) is 5.22. The van der Waals surface area contributed by atoms with Gasteiger partial charge in [-0.1, -0.05) is 12.1 Å². The molecule has 1 aromatic rings. The number of anilines is 1. The summed E-state index contributed by atoms with van der Waals surface area (Å²) in [6.45, 7) is 1.06. The van der Waals surface area contributed by atoms with Gasteiger partial charge in [0.05, 0.1) is 18.1 Å². The third-order valence-corrected chi connectivity index (χ3v) is 3.56. The van der Waals surface area contributed by atoms with E-state index in [9.17, 15) is 19.3 Å². The zero-order chi connectivity index (χ0) is 15.2. The third kappa shape index (κ3) is 4.22. The van der Waals surface area contributed by atoms with E-state index >= 15 is 0 Å². The van der Waals surface area contributed by atoms with Gasteiger partial charge in [0, 0.05) is 18.5 Å². The molecule has 1 aromatic carbocycles. The van der Waals surface area contributed by atoms with Crippen LogP contribution in [0.3, 0.4) is 0 Å². The Morgan fingerprint density at radius 1 is 1.48 bits per heavy atom. The summed E-state index contributed by atoms with van der Waals surface area (Å²) in [5.41, 5.74) is 0.0534. The molecule has 0 aromatic heterocycles. The molecule has 1 aliphatic rings. The van der Waals surface area contributed by atoms with Crippen LogP contribution in [0.4, 0.5) is 15.8 Å². The number of hydrogen-bond acceptors (Lipinski definition) is 4. The minimum absolute atomic E-state index is 0.0161. The van der Waals surface area contributed by atoms with Gasteiger partial charge >= 0.3 is 0 Å². The molecule has 6 nitrogen and oxygen atoms in total. The van der Waals surface area contributed by atoms with Crippen LogP contribution in [-0.4, -0.2) is 42.0 Å². The van der Waals surface area contributed by atoms with E-state index in [0.717, 1.165) is 19.4 Å². The first-order valence-electron chi connectivity index (χ1n) is 6.91. The van der Waals surface area contributed by atoms with Gasteiger partial charge in [-0.05, 0) is 25.5 Å². The van der Waals surface area contributed by atoms with Crippen LogP contribution in [0, 0.1) is 16.0 Å². The Balaban J connectivity index is 1.94. The van der Waals surface area contributed by atoms with Gasteiger partial charge in [0.2, 0.25) is 5.91 Å². The number of para-hydroxylation sites is 2. The van der Waals surface area contributed by atoms with E-state index in [1.54, 1.807) is 12.1 Å². The topological polar surface area (TPSA) is 75.5 Å². The Hall–Kier alpha value is -2.02. The molecule has 0 radical (unpaired) electrons. The molecule has 0 spiro atoms. The Bertz CT molecular complexity index is 524. The molecule has 114 valence electrons. The van der Waals surface area contributed by atoms with E-state index in [2.05, 4.69) is 5.32 Å². The highest BCUT2D eigenvalue weighted by Gasteiger charge is 2.22. The van der Waals surface area contributed by atoms with Gasteiger partial charge in [0.25, 0.3) is 5.69 Å². The van der Waals surface area contributed by atoms with Crippen molar-refractivity contribution in [3.8, 4) is 0 Å². The van der Waals surface area contributed by atoms with E-state index in [1.165, 1.54) is 12.1 Å². The molecule has 2 rings (SSSR count). The standard InChI is InChI=1S/C14H18FN3O3/c15-8-11-4-3-7-17(9-11)10-14(19)16-12-5-1-2-6-13(12)18(20)21/h1-2,5-6,11H,3-4,7-10H2,(H,16,19). The number of nitrogens with zero attached hydrogens (tertiary/aromatic N) is 2. The minimum Gasteiger partial charge on any atom is -0.319 e. The second kappa shape index (κ2) is 7.12. The van der Waals surface area contributed by atoms with E-state index in [1.807, 2.05) is 4.90 Å². The van der Waals surface area contributed by atoms with E-state index in [0.29, 0.717) is 6.54 Å². The molecule has 1 atom stereocenters. The van der Waals surface area contributed by atoms with Crippen molar-refractivity contribution >= 4 is 17.3 Å². The summed E-state index contributed by atoms with van der Waals surface area (Å²) in [6, 6.07) is 6.01. The number of nitro groups is 1. The van der Waals surface area contributed by atoms with Crippen LogP contribution in [0.1, 0.15) is 12.8 Å². The fourth-order valence-electron chi connectivity index (χ4n) is 2.55. The lowest BCUT2D eigenvalue weighted by molar-refractivity contribution is -0.383. The van der Waals surface area contributed by atoms with Crippen LogP contribution in [0.15, 0.2) is 24.3 Å². The molecule has 1 aliphatic heterocycles. The third-order valence-electron chi connectivity index (χ3n) is 3.56. The molecule has 1 saturated heterocycles. The highest BCUT2D eigenvalue weighted by molar-refractivity contribution is 5.94. The number of benzene rings is 1. The van der Waals surface area contributed by atoms with Gasteiger partial charge in [-0.2, -0.15) is 0 Å². The normalized spacial score (nSPS) is 19.2. The maximum atomic E-state index is 12.7. The molecule has 1 unspecified atom stereocenters. The summed E-state index contributed by atoms with van der Waals surface area (Å²) >= 11 is 0. The van der Waals surface area contributed by atoms with Gasteiger partial charge in [-0.15, -0.1) is 0 Å².